The molecule has 0 aliphatic carbocycles. The Morgan fingerprint density at radius 2 is 1.73 bits per heavy atom. The fourth-order valence-corrected chi connectivity index (χ4v) is 0.612. The van der Waals surface area contributed by atoms with Crippen molar-refractivity contribution in [2.45, 2.75) is 0 Å². The molecule has 0 aliphatic heterocycles. The second kappa shape index (κ2) is 3.80. The minimum absolute atomic E-state index is 0.267. The van der Waals surface area contributed by atoms with E-state index in [4.69, 9.17) is 5.11 Å². The van der Waals surface area contributed by atoms with Gasteiger partial charge in [0.1, 0.15) is 6.54 Å². The largest absolute Gasteiger partial charge is 0.480 e. The van der Waals surface area contributed by atoms with Crippen LogP contribution in [0, 0.1) is 0 Å². The van der Waals surface area contributed by atoms with Gasteiger partial charge in [-0.05, 0) is 0 Å². The average Bonchev–Trinajstić information content (AvgIpc) is 1.84. The number of carboxylic acids is 1. The lowest BCUT2D eigenvalue weighted by Crippen LogP contribution is -2.39. The van der Waals surface area contributed by atoms with E-state index in [-0.39, 0.29) is 12.6 Å². The van der Waals surface area contributed by atoms with Crippen molar-refractivity contribution >= 4 is 12.0 Å². The lowest BCUT2D eigenvalue weighted by molar-refractivity contribution is -0.137. The normalized spacial score (nSPS) is 9.00. The Kier molecular flexibility index (Phi) is 3.36. The maximum Gasteiger partial charge on any atom is 0.323 e. The molecule has 0 saturated heterocycles. The summed E-state index contributed by atoms with van der Waals surface area (Å²) in [4.78, 5) is 23.5. The third-order valence-corrected chi connectivity index (χ3v) is 1.08. The van der Waals surface area contributed by atoms with Crippen molar-refractivity contribution in [3.05, 3.63) is 0 Å². The van der Waals surface area contributed by atoms with Gasteiger partial charge < -0.3 is 14.9 Å². The van der Waals surface area contributed by atoms with Crippen LogP contribution >= 0.6 is 0 Å². The molecular weight excluding hydrogens is 148 g/mol. The summed E-state index contributed by atoms with van der Waals surface area (Å²) in [6, 6.07) is -0.313. The first-order valence-corrected chi connectivity index (χ1v) is 3.09. The van der Waals surface area contributed by atoms with Gasteiger partial charge in [0.15, 0.2) is 0 Å². The van der Waals surface area contributed by atoms with Crippen LogP contribution in [0.1, 0.15) is 0 Å². The fraction of sp³-hybridized carbons (Fsp3) is 0.667. The van der Waals surface area contributed by atoms with E-state index in [1.54, 1.807) is 14.1 Å². The molecule has 0 bridgehead atoms. The van der Waals surface area contributed by atoms with Gasteiger partial charge in [-0.3, -0.25) is 4.79 Å². The molecule has 11 heavy (non-hydrogen) atoms. The number of rotatable bonds is 2. The third kappa shape index (κ3) is 3.44. The zero-order valence-electron chi connectivity index (χ0n) is 6.87. The van der Waals surface area contributed by atoms with E-state index in [0.29, 0.717) is 0 Å². The van der Waals surface area contributed by atoms with Crippen molar-refractivity contribution in [3.63, 3.8) is 0 Å². The van der Waals surface area contributed by atoms with Crippen molar-refractivity contribution in [2.75, 3.05) is 27.7 Å². The molecule has 0 saturated carbocycles. The number of carbonyl (C=O) groups excluding carboxylic acids is 1. The molecule has 64 valence electrons. The van der Waals surface area contributed by atoms with Crippen LogP contribution in [0.5, 0.6) is 0 Å². The molecule has 2 amide bonds. The molecule has 0 radical (unpaired) electrons. The second-order valence-corrected chi connectivity index (χ2v) is 2.43. The monoisotopic (exact) mass is 160 g/mol. The van der Waals surface area contributed by atoms with E-state index in [1.165, 1.54) is 11.9 Å². The number of hydrogen-bond acceptors (Lipinski definition) is 2. The molecule has 0 aromatic carbocycles. The lowest BCUT2D eigenvalue weighted by Gasteiger charge is -2.19. The Labute approximate surface area is 65.2 Å². The van der Waals surface area contributed by atoms with Gasteiger partial charge >= 0.3 is 12.0 Å². The van der Waals surface area contributed by atoms with Crippen molar-refractivity contribution in [3.8, 4) is 0 Å². The highest BCUT2D eigenvalue weighted by Gasteiger charge is 2.12. The summed E-state index contributed by atoms with van der Waals surface area (Å²) in [6.45, 7) is -0.267. The Balaban J connectivity index is 3.93. The highest BCUT2D eigenvalue weighted by atomic mass is 16.4. The first-order chi connectivity index (χ1) is 4.95. The number of aliphatic carboxylic acids is 1. The van der Waals surface area contributed by atoms with E-state index in [1.807, 2.05) is 0 Å². The number of likely N-dealkylation sites (N-methyl/N-ethyl adjacent to an activating group) is 1. The van der Waals surface area contributed by atoms with Crippen LogP contribution in [0.4, 0.5) is 4.79 Å². The summed E-state index contributed by atoms with van der Waals surface area (Å²) < 4.78 is 0. The highest BCUT2D eigenvalue weighted by Crippen LogP contribution is 1.89. The van der Waals surface area contributed by atoms with Gasteiger partial charge in [-0.1, -0.05) is 0 Å². The van der Waals surface area contributed by atoms with Crippen LogP contribution in [-0.2, 0) is 4.79 Å². The van der Waals surface area contributed by atoms with Crippen LogP contribution in [0.2, 0.25) is 0 Å². The Hall–Kier alpha value is -1.26. The Morgan fingerprint density at radius 1 is 1.27 bits per heavy atom. The predicted octanol–water partition coefficient (Wildman–Crippen LogP) is -0.316. The minimum Gasteiger partial charge on any atom is -0.480 e. The molecule has 5 nitrogen and oxygen atoms in total. The van der Waals surface area contributed by atoms with Gasteiger partial charge in [0.2, 0.25) is 0 Å². The summed E-state index contributed by atoms with van der Waals surface area (Å²) in [5.41, 5.74) is 0. The number of nitrogens with zero attached hydrogens (tertiary/aromatic N) is 2. The van der Waals surface area contributed by atoms with Gasteiger partial charge in [0, 0.05) is 21.1 Å². The molecular formula is C6H12N2O3. The maximum absolute atomic E-state index is 11.0. The van der Waals surface area contributed by atoms with Crippen LogP contribution in [0.3, 0.4) is 0 Å². The van der Waals surface area contributed by atoms with Crippen LogP contribution in [0.15, 0.2) is 0 Å². The number of carbonyl (C=O) groups is 2. The lowest BCUT2D eigenvalue weighted by atomic mass is 10.6. The number of urea groups is 1. The predicted molar refractivity (Wildman–Crippen MR) is 39.3 cm³/mol. The first kappa shape index (κ1) is 9.74. The summed E-state index contributed by atoms with van der Waals surface area (Å²) in [5, 5.41) is 8.30. The van der Waals surface area contributed by atoms with Gasteiger partial charge in [0.25, 0.3) is 0 Å². The minimum atomic E-state index is -1.01. The molecule has 0 aromatic rings. The first-order valence-electron chi connectivity index (χ1n) is 3.09. The van der Waals surface area contributed by atoms with E-state index in [0.717, 1.165) is 4.90 Å². The summed E-state index contributed by atoms with van der Waals surface area (Å²) in [7, 11) is 4.58. The van der Waals surface area contributed by atoms with Crippen molar-refractivity contribution < 1.29 is 14.7 Å². The number of hydrogen-bond donors (Lipinski definition) is 1. The second-order valence-electron chi connectivity index (χ2n) is 2.43. The molecule has 0 atom stereocenters. The summed E-state index contributed by atoms with van der Waals surface area (Å²) in [6.07, 6.45) is 0. The standard InChI is InChI=1S/C6H12N2O3/c1-7(2)6(11)8(3)4-5(9)10/h4H2,1-3H3,(H,9,10). The van der Waals surface area contributed by atoms with Gasteiger partial charge in [-0.15, -0.1) is 0 Å². The Morgan fingerprint density at radius 3 is 2.00 bits per heavy atom. The molecule has 0 aliphatic rings. The molecule has 0 heterocycles. The van der Waals surface area contributed by atoms with Crippen molar-refractivity contribution in [2.24, 2.45) is 0 Å². The van der Waals surface area contributed by atoms with Gasteiger partial charge in [-0.2, -0.15) is 0 Å². The number of amides is 2. The topological polar surface area (TPSA) is 60.9 Å². The molecule has 1 N–H and O–H groups in total. The fourth-order valence-electron chi connectivity index (χ4n) is 0.612. The Bertz CT molecular complexity index is 167. The molecule has 5 heteroatoms. The van der Waals surface area contributed by atoms with Crippen LogP contribution in [-0.4, -0.2) is 54.6 Å². The molecule has 0 spiro atoms. The van der Waals surface area contributed by atoms with Crippen LogP contribution in [0.25, 0.3) is 0 Å². The maximum atomic E-state index is 11.0. The van der Waals surface area contributed by atoms with Crippen molar-refractivity contribution in [1.29, 1.82) is 0 Å². The summed E-state index contributed by atoms with van der Waals surface area (Å²) in [5.74, 6) is -1.01. The van der Waals surface area contributed by atoms with Crippen LogP contribution < -0.4 is 0 Å². The van der Waals surface area contributed by atoms with Crippen molar-refractivity contribution in [1.82, 2.24) is 9.80 Å². The van der Waals surface area contributed by atoms with E-state index in [9.17, 15) is 9.59 Å². The third-order valence-electron chi connectivity index (χ3n) is 1.08. The molecule has 0 fully saturated rings. The van der Waals surface area contributed by atoms with Gasteiger partial charge in [0.05, 0.1) is 0 Å². The van der Waals surface area contributed by atoms with Gasteiger partial charge in [-0.25, -0.2) is 4.79 Å². The van der Waals surface area contributed by atoms with E-state index >= 15 is 0 Å². The SMILES string of the molecule is CN(C)C(=O)N(C)CC(=O)O. The quantitative estimate of drug-likeness (QED) is 0.602. The molecule has 0 aromatic heterocycles. The molecule has 0 unspecified atom stereocenters. The van der Waals surface area contributed by atoms with E-state index < -0.39 is 5.97 Å². The average molecular weight is 160 g/mol. The smallest absolute Gasteiger partial charge is 0.323 e. The highest BCUT2D eigenvalue weighted by molar-refractivity contribution is 5.79. The molecule has 0 rings (SSSR count). The number of carboxylic acid groups (broad SMARTS) is 1. The zero-order valence-corrected chi connectivity index (χ0v) is 6.87. The zero-order chi connectivity index (χ0) is 9.02. The summed E-state index contributed by atoms with van der Waals surface area (Å²) >= 11 is 0. The van der Waals surface area contributed by atoms with E-state index in [2.05, 4.69) is 0 Å².